The average molecular weight is 368 g/mol. The molecule has 0 radical (unpaired) electrons. The Morgan fingerprint density at radius 1 is 1.08 bits per heavy atom. The Bertz CT molecular complexity index is 612. The second-order valence-corrected chi connectivity index (χ2v) is 7.70. The molecule has 0 unspecified atom stereocenters. The van der Waals surface area contributed by atoms with Gasteiger partial charge in [-0.15, -0.1) is 0 Å². The summed E-state index contributed by atoms with van der Waals surface area (Å²) in [5, 5.41) is 0. The summed E-state index contributed by atoms with van der Waals surface area (Å²) in [6, 6.07) is 4.36. The van der Waals surface area contributed by atoms with Gasteiger partial charge in [0.2, 0.25) is 0 Å². The third kappa shape index (κ3) is 5.34. The lowest BCUT2D eigenvalue weighted by Crippen LogP contribution is -2.37. The topological polar surface area (TPSA) is 18.5 Å². The van der Waals surface area contributed by atoms with E-state index in [1.165, 1.54) is 37.8 Å². The zero-order valence-electron chi connectivity index (χ0n) is 15.2. The molecule has 5 heteroatoms. The molecule has 0 amide bonds. The summed E-state index contributed by atoms with van der Waals surface area (Å²) in [4.78, 5) is 0. The first-order valence-corrected chi connectivity index (χ1v) is 9.55. The summed E-state index contributed by atoms with van der Waals surface area (Å²) in [7, 11) is 0. The highest BCUT2D eigenvalue weighted by atomic mass is 19.3. The molecule has 0 bridgehead atoms. The number of hydrogen-bond acceptors (Lipinski definition) is 2. The Kier molecular flexibility index (Phi) is 6.76. The van der Waals surface area contributed by atoms with Gasteiger partial charge in [-0.3, -0.25) is 0 Å². The van der Waals surface area contributed by atoms with Gasteiger partial charge in [0.1, 0.15) is 5.82 Å². The molecule has 2 aliphatic rings. The van der Waals surface area contributed by atoms with E-state index < -0.39 is 11.9 Å². The second-order valence-electron chi connectivity index (χ2n) is 7.70. The lowest BCUT2D eigenvalue weighted by atomic mass is 9.76. The Hall–Kier alpha value is -1.33. The monoisotopic (exact) mass is 368 g/mol. The Morgan fingerprint density at radius 3 is 2.38 bits per heavy atom. The van der Waals surface area contributed by atoms with Crippen LogP contribution in [0.4, 0.5) is 13.2 Å². The molecule has 26 heavy (non-hydrogen) atoms. The summed E-state index contributed by atoms with van der Waals surface area (Å²) >= 11 is 0. The van der Waals surface area contributed by atoms with Crippen molar-refractivity contribution in [3.05, 3.63) is 41.2 Å². The van der Waals surface area contributed by atoms with Gasteiger partial charge in [0, 0.05) is 24.0 Å². The fourth-order valence-electron chi connectivity index (χ4n) is 4.00. The molecule has 1 aromatic rings. The van der Waals surface area contributed by atoms with E-state index in [1.54, 1.807) is 6.07 Å². The van der Waals surface area contributed by atoms with Crippen molar-refractivity contribution in [1.29, 1.82) is 0 Å². The maximum absolute atomic E-state index is 13.8. The average Bonchev–Trinajstić information content (AvgIpc) is 2.63. The molecule has 1 aliphatic heterocycles. The SMILES string of the molecule is CC1CCC(C2COC(CCc3ccc(C=C(F)F)c(F)c3)OC2)CC1. The van der Waals surface area contributed by atoms with Crippen LogP contribution < -0.4 is 0 Å². The van der Waals surface area contributed by atoms with Gasteiger partial charge in [-0.25, -0.2) is 4.39 Å². The van der Waals surface area contributed by atoms with Crippen LogP contribution in [0.25, 0.3) is 6.08 Å². The summed E-state index contributed by atoms with van der Waals surface area (Å²) in [5.74, 6) is 1.40. The molecule has 0 aromatic heterocycles. The van der Waals surface area contributed by atoms with Crippen molar-refractivity contribution in [2.24, 2.45) is 17.8 Å². The lowest BCUT2D eigenvalue weighted by molar-refractivity contribution is -0.212. The van der Waals surface area contributed by atoms with E-state index in [2.05, 4.69) is 6.92 Å². The third-order valence-corrected chi connectivity index (χ3v) is 5.72. The van der Waals surface area contributed by atoms with Crippen molar-refractivity contribution in [1.82, 2.24) is 0 Å². The highest BCUT2D eigenvalue weighted by Crippen LogP contribution is 2.35. The fourth-order valence-corrected chi connectivity index (χ4v) is 4.00. The van der Waals surface area contributed by atoms with Gasteiger partial charge in [-0.2, -0.15) is 8.78 Å². The van der Waals surface area contributed by atoms with E-state index in [4.69, 9.17) is 9.47 Å². The lowest BCUT2D eigenvalue weighted by Gasteiger charge is -2.37. The Morgan fingerprint density at radius 2 is 1.77 bits per heavy atom. The van der Waals surface area contributed by atoms with E-state index in [-0.39, 0.29) is 11.9 Å². The first-order chi connectivity index (χ1) is 12.5. The quantitative estimate of drug-likeness (QED) is 0.653. The van der Waals surface area contributed by atoms with Gasteiger partial charge in [-0.1, -0.05) is 31.9 Å². The molecule has 3 rings (SSSR count). The number of rotatable bonds is 5. The predicted octanol–water partition coefficient (Wildman–Crippen LogP) is 5.81. The van der Waals surface area contributed by atoms with Crippen LogP contribution in [0.3, 0.4) is 0 Å². The molecule has 1 saturated heterocycles. The number of aryl methyl sites for hydroxylation is 1. The number of ether oxygens (including phenoxy) is 2. The summed E-state index contributed by atoms with van der Waals surface area (Å²) in [5.41, 5.74) is 0.665. The minimum atomic E-state index is -1.90. The van der Waals surface area contributed by atoms with Crippen LogP contribution in [0.2, 0.25) is 0 Å². The molecule has 0 spiro atoms. The molecule has 2 nitrogen and oxygen atoms in total. The zero-order chi connectivity index (χ0) is 18.5. The van der Waals surface area contributed by atoms with Crippen LogP contribution in [0.15, 0.2) is 24.3 Å². The molecule has 1 aromatic carbocycles. The van der Waals surface area contributed by atoms with E-state index in [0.29, 0.717) is 30.8 Å². The fraction of sp³-hybridized carbons (Fsp3) is 0.619. The first-order valence-electron chi connectivity index (χ1n) is 9.55. The molecule has 1 heterocycles. The predicted molar refractivity (Wildman–Crippen MR) is 95.2 cm³/mol. The molecule has 1 aliphatic carbocycles. The second kappa shape index (κ2) is 9.05. The molecule has 1 saturated carbocycles. The number of benzene rings is 1. The van der Waals surface area contributed by atoms with E-state index in [0.717, 1.165) is 24.7 Å². The maximum Gasteiger partial charge on any atom is 0.271 e. The van der Waals surface area contributed by atoms with E-state index in [9.17, 15) is 13.2 Å². The van der Waals surface area contributed by atoms with E-state index in [1.807, 2.05) is 0 Å². The Balaban J connectivity index is 1.44. The van der Waals surface area contributed by atoms with Crippen LogP contribution >= 0.6 is 0 Å². The first kappa shape index (κ1) is 19.4. The van der Waals surface area contributed by atoms with Gasteiger partial charge in [0.15, 0.2) is 6.29 Å². The maximum atomic E-state index is 13.8. The number of hydrogen-bond donors (Lipinski definition) is 0. The minimum absolute atomic E-state index is 0.0939. The van der Waals surface area contributed by atoms with Crippen LogP contribution in [0.1, 0.15) is 50.2 Å². The molecule has 0 N–H and O–H groups in total. The summed E-state index contributed by atoms with van der Waals surface area (Å²) in [6.07, 6.45) is 4.74. The van der Waals surface area contributed by atoms with Crippen molar-refractivity contribution >= 4 is 6.08 Å². The molecule has 0 atom stereocenters. The van der Waals surface area contributed by atoms with Crippen molar-refractivity contribution in [2.75, 3.05) is 13.2 Å². The van der Waals surface area contributed by atoms with Gasteiger partial charge >= 0.3 is 0 Å². The van der Waals surface area contributed by atoms with Crippen molar-refractivity contribution in [3.8, 4) is 0 Å². The van der Waals surface area contributed by atoms with Crippen LogP contribution in [-0.2, 0) is 15.9 Å². The summed E-state index contributed by atoms with van der Waals surface area (Å²) in [6.45, 7) is 3.79. The van der Waals surface area contributed by atoms with Crippen LogP contribution in [0, 0.1) is 23.6 Å². The van der Waals surface area contributed by atoms with Crippen LogP contribution in [-0.4, -0.2) is 19.5 Å². The van der Waals surface area contributed by atoms with Crippen LogP contribution in [0.5, 0.6) is 0 Å². The molecular formula is C21H27F3O2. The Labute approximate surface area is 153 Å². The normalized spacial score (nSPS) is 29.4. The standard InChI is InChI=1S/C21H27F3O2/c1-14-2-6-16(7-3-14)18-12-25-21(26-13-18)9-5-15-4-8-17(11-20(23)24)19(22)10-15/h4,8,10-11,14,16,18,21H,2-3,5-7,9,12-13H2,1H3. The zero-order valence-corrected chi connectivity index (χ0v) is 15.2. The summed E-state index contributed by atoms with van der Waals surface area (Å²) < 4.78 is 50.0. The van der Waals surface area contributed by atoms with Crippen molar-refractivity contribution in [2.45, 2.75) is 51.7 Å². The molecule has 2 fully saturated rings. The third-order valence-electron chi connectivity index (χ3n) is 5.72. The van der Waals surface area contributed by atoms with Gasteiger partial charge < -0.3 is 9.47 Å². The van der Waals surface area contributed by atoms with Crippen molar-refractivity contribution < 1.29 is 22.6 Å². The molecular weight excluding hydrogens is 341 g/mol. The highest BCUT2D eigenvalue weighted by Gasteiger charge is 2.30. The van der Waals surface area contributed by atoms with E-state index >= 15 is 0 Å². The van der Waals surface area contributed by atoms with Crippen molar-refractivity contribution in [3.63, 3.8) is 0 Å². The van der Waals surface area contributed by atoms with Gasteiger partial charge in [-0.05, 0) is 42.7 Å². The van der Waals surface area contributed by atoms with Gasteiger partial charge in [0.05, 0.1) is 13.2 Å². The smallest absolute Gasteiger partial charge is 0.271 e. The largest absolute Gasteiger partial charge is 0.352 e. The molecule has 144 valence electrons. The highest BCUT2D eigenvalue weighted by molar-refractivity contribution is 5.51. The minimum Gasteiger partial charge on any atom is -0.352 e. The van der Waals surface area contributed by atoms with Gasteiger partial charge in [0.25, 0.3) is 6.08 Å². The number of halogens is 3.